The van der Waals surface area contributed by atoms with E-state index in [1.807, 2.05) is 0 Å². The monoisotopic (exact) mass is 319 g/mol. The molecule has 0 unspecified atom stereocenters. The first-order valence-electron chi connectivity index (χ1n) is 6.54. The number of hydrogen-bond acceptors (Lipinski definition) is 5. The van der Waals surface area contributed by atoms with Crippen LogP contribution in [-0.4, -0.2) is 28.9 Å². The Morgan fingerprint density at radius 1 is 1.45 bits per heavy atom. The molecule has 1 aromatic heterocycles. The zero-order valence-electron chi connectivity index (χ0n) is 11.8. The summed E-state index contributed by atoms with van der Waals surface area (Å²) in [7, 11) is 0. The number of nitrogens with zero attached hydrogens (tertiary/aromatic N) is 2. The third-order valence-electron chi connectivity index (χ3n) is 2.72. The molecule has 7 heteroatoms. The smallest absolute Gasteiger partial charge is 0.256 e. The Morgan fingerprint density at radius 3 is 2.86 bits per heavy atom. The van der Waals surface area contributed by atoms with Gasteiger partial charge in [0.15, 0.2) is 5.82 Å². The minimum absolute atomic E-state index is 0.0158. The van der Waals surface area contributed by atoms with E-state index in [0.29, 0.717) is 17.1 Å². The predicted octanol–water partition coefficient (Wildman–Crippen LogP) is 3.14. The fourth-order valence-corrected chi connectivity index (χ4v) is 1.91. The van der Waals surface area contributed by atoms with E-state index in [2.05, 4.69) is 20.0 Å². The number of aromatic nitrogens is 1. The van der Waals surface area contributed by atoms with Crippen LogP contribution in [0, 0.1) is 0 Å². The largest absolute Gasteiger partial charge is 0.506 e. The van der Waals surface area contributed by atoms with Crippen molar-refractivity contribution in [2.75, 3.05) is 6.54 Å². The molecule has 0 spiro atoms. The van der Waals surface area contributed by atoms with Gasteiger partial charge in [0.05, 0.1) is 5.02 Å². The standard InChI is InChI=1S/C15H14ClN3O3/c1-2-17-15(21)11(9-18-13-7-8-22-19-13)14(20)10-5-3-4-6-12(10)16/h3-9,20H,2H2,1H3,(H,17,21)/b14-11+,18-9?. The second-order valence-electron chi connectivity index (χ2n) is 4.22. The number of carbonyl (C=O) groups excluding carboxylic acids is 1. The van der Waals surface area contributed by atoms with E-state index in [4.69, 9.17) is 11.6 Å². The highest BCUT2D eigenvalue weighted by Gasteiger charge is 2.16. The van der Waals surface area contributed by atoms with Crippen molar-refractivity contribution >= 4 is 35.3 Å². The molecule has 1 heterocycles. The van der Waals surface area contributed by atoms with E-state index < -0.39 is 5.91 Å². The highest BCUT2D eigenvalue weighted by molar-refractivity contribution is 6.32. The van der Waals surface area contributed by atoms with Crippen LogP contribution >= 0.6 is 11.6 Å². The van der Waals surface area contributed by atoms with Crippen LogP contribution in [0.3, 0.4) is 0 Å². The van der Waals surface area contributed by atoms with Crippen LogP contribution in [0.4, 0.5) is 5.82 Å². The molecule has 22 heavy (non-hydrogen) atoms. The van der Waals surface area contributed by atoms with Crippen LogP contribution in [0.15, 0.2) is 51.7 Å². The first-order valence-corrected chi connectivity index (χ1v) is 6.92. The van der Waals surface area contributed by atoms with Crippen molar-refractivity contribution < 1.29 is 14.4 Å². The maximum atomic E-state index is 12.1. The summed E-state index contributed by atoms with van der Waals surface area (Å²) in [5.74, 6) is -0.440. The Morgan fingerprint density at radius 2 is 2.23 bits per heavy atom. The lowest BCUT2D eigenvalue weighted by atomic mass is 10.1. The normalized spacial score (nSPS) is 12.3. The molecule has 1 amide bonds. The summed E-state index contributed by atoms with van der Waals surface area (Å²) in [4.78, 5) is 16.1. The summed E-state index contributed by atoms with van der Waals surface area (Å²) in [5, 5.41) is 16.9. The Bertz CT molecular complexity index is 709. The molecular formula is C15H14ClN3O3. The summed E-state index contributed by atoms with van der Waals surface area (Å²) in [6, 6.07) is 8.20. The number of benzene rings is 1. The zero-order valence-corrected chi connectivity index (χ0v) is 12.5. The van der Waals surface area contributed by atoms with Gasteiger partial charge in [-0.05, 0) is 19.1 Å². The lowest BCUT2D eigenvalue weighted by Gasteiger charge is -2.08. The highest BCUT2D eigenvalue weighted by atomic mass is 35.5. The Labute approximate surface area is 132 Å². The van der Waals surface area contributed by atoms with Crippen molar-refractivity contribution in [1.82, 2.24) is 10.5 Å². The van der Waals surface area contributed by atoms with Gasteiger partial charge in [-0.25, -0.2) is 4.99 Å². The molecule has 0 saturated carbocycles. The fourth-order valence-electron chi connectivity index (χ4n) is 1.68. The summed E-state index contributed by atoms with van der Waals surface area (Å²) in [6.45, 7) is 2.19. The van der Waals surface area contributed by atoms with E-state index >= 15 is 0 Å². The first-order chi connectivity index (χ1) is 10.6. The molecule has 0 bridgehead atoms. The first kappa shape index (κ1) is 15.8. The molecule has 2 N–H and O–H groups in total. The molecule has 0 fully saturated rings. The van der Waals surface area contributed by atoms with Gasteiger partial charge >= 0.3 is 0 Å². The molecule has 0 radical (unpaired) electrons. The molecular weight excluding hydrogens is 306 g/mol. The van der Waals surface area contributed by atoms with Crippen LogP contribution in [0.1, 0.15) is 12.5 Å². The topological polar surface area (TPSA) is 87.7 Å². The van der Waals surface area contributed by atoms with E-state index in [1.54, 1.807) is 31.2 Å². The number of carbonyl (C=O) groups is 1. The number of hydrogen-bond donors (Lipinski definition) is 2. The van der Waals surface area contributed by atoms with Gasteiger partial charge in [-0.1, -0.05) is 28.9 Å². The van der Waals surface area contributed by atoms with Gasteiger partial charge in [0.2, 0.25) is 0 Å². The van der Waals surface area contributed by atoms with E-state index in [1.165, 1.54) is 18.5 Å². The Kier molecular flexibility index (Phi) is 5.32. The third kappa shape index (κ3) is 3.73. The van der Waals surface area contributed by atoms with Crippen LogP contribution in [0.2, 0.25) is 5.02 Å². The molecule has 0 saturated heterocycles. The summed E-state index contributed by atoms with van der Waals surface area (Å²) in [5.41, 5.74) is 0.329. The zero-order chi connectivity index (χ0) is 15.9. The second-order valence-corrected chi connectivity index (χ2v) is 4.62. The summed E-state index contributed by atoms with van der Waals surface area (Å²) >= 11 is 6.05. The molecule has 0 atom stereocenters. The molecule has 0 aliphatic rings. The second kappa shape index (κ2) is 7.42. The van der Waals surface area contributed by atoms with Crippen LogP contribution < -0.4 is 5.32 Å². The number of aliphatic hydroxyl groups is 1. The average molecular weight is 320 g/mol. The van der Waals surface area contributed by atoms with Gasteiger partial charge in [0.25, 0.3) is 5.91 Å². The number of amides is 1. The lowest BCUT2D eigenvalue weighted by molar-refractivity contribution is -0.116. The molecule has 0 aliphatic heterocycles. The average Bonchev–Trinajstić information content (AvgIpc) is 3.01. The number of rotatable bonds is 5. The van der Waals surface area contributed by atoms with E-state index in [-0.39, 0.29) is 17.2 Å². The maximum absolute atomic E-state index is 12.1. The lowest BCUT2D eigenvalue weighted by Crippen LogP contribution is -2.26. The molecule has 0 aliphatic carbocycles. The van der Waals surface area contributed by atoms with Crippen LogP contribution in [0.25, 0.3) is 5.76 Å². The van der Waals surface area contributed by atoms with Crippen molar-refractivity contribution in [2.24, 2.45) is 4.99 Å². The van der Waals surface area contributed by atoms with Crippen molar-refractivity contribution in [1.29, 1.82) is 0 Å². The van der Waals surface area contributed by atoms with Gasteiger partial charge in [-0.3, -0.25) is 4.79 Å². The van der Waals surface area contributed by atoms with Gasteiger partial charge in [-0.15, -0.1) is 0 Å². The van der Waals surface area contributed by atoms with Crippen molar-refractivity contribution in [2.45, 2.75) is 6.92 Å². The third-order valence-corrected chi connectivity index (χ3v) is 3.05. The van der Waals surface area contributed by atoms with E-state index in [9.17, 15) is 9.90 Å². The van der Waals surface area contributed by atoms with Crippen molar-refractivity contribution in [3.63, 3.8) is 0 Å². The molecule has 114 valence electrons. The van der Waals surface area contributed by atoms with E-state index in [0.717, 1.165) is 0 Å². The number of likely N-dealkylation sites (N-methyl/N-ethyl adjacent to an activating group) is 1. The number of nitrogens with one attached hydrogen (secondary N) is 1. The van der Waals surface area contributed by atoms with Gasteiger partial charge in [-0.2, -0.15) is 0 Å². The predicted molar refractivity (Wildman–Crippen MR) is 84.3 cm³/mol. The van der Waals surface area contributed by atoms with Crippen molar-refractivity contribution in [3.05, 3.63) is 52.8 Å². The summed E-state index contributed by atoms with van der Waals surface area (Å²) in [6.07, 6.45) is 2.58. The number of halogens is 1. The maximum Gasteiger partial charge on any atom is 0.256 e. The molecule has 6 nitrogen and oxygen atoms in total. The van der Waals surface area contributed by atoms with Crippen LogP contribution in [-0.2, 0) is 4.79 Å². The van der Waals surface area contributed by atoms with Crippen LogP contribution in [0.5, 0.6) is 0 Å². The molecule has 2 aromatic rings. The summed E-state index contributed by atoms with van der Waals surface area (Å²) < 4.78 is 4.66. The fraction of sp³-hybridized carbons (Fsp3) is 0.133. The number of aliphatic hydroxyl groups excluding tert-OH is 1. The number of aliphatic imine (C=N–C) groups is 1. The highest BCUT2D eigenvalue weighted by Crippen LogP contribution is 2.24. The Hall–Kier alpha value is -2.60. The minimum atomic E-state index is -0.466. The molecule has 1 aromatic carbocycles. The Balaban J connectivity index is 2.45. The minimum Gasteiger partial charge on any atom is -0.506 e. The quantitative estimate of drug-likeness (QED) is 0.503. The van der Waals surface area contributed by atoms with Gasteiger partial charge < -0.3 is 14.9 Å². The van der Waals surface area contributed by atoms with Gasteiger partial charge in [0, 0.05) is 24.4 Å². The molecule has 2 rings (SSSR count). The SMILES string of the molecule is CCNC(=O)/C(C=Nc1ccon1)=C(/O)c1ccccc1Cl. The van der Waals surface area contributed by atoms with Crippen molar-refractivity contribution in [3.8, 4) is 0 Å². The van der Waals surface area contributed by atoms with Gasteiger partial charge in [0.1, 0.15) is 17.6 Å².